The van der Waals surface area contributed by atoms with E-state index in [1.165, 1.54) is 6.33 Å². The van der Waals surface area contributed by atoms with Gasteiger partial charge in [-0.25, -0.2) is 9.97 Å². The fourth-order valence-corrected chi connectivity index (χ4v) is 2.75. The number of anilines is 1. The molecule has 0 radical (unpaired) electrons. The summed E-state index contributed by atoms with van der Waals surface area (Å²) in [5.74, 6) is 2.07. The van der Waals surface area contributed by atoms with Crippen LogP contribution in [0.15, 0.2) is 42.7 Å². The molecule has 0 atom stereocenters. The average Bonchev–Trinajstić information content (AvgIpc) is 2.66. The zero-order valence-electron chi connectivity index (χ0n) is 13.3. The number of ether oxygens (including phenoxy) is 3. The maximum Gasteiger partial charge on any atom is 0.228 e. The molecule has 0 fully saturated rings. The predicted molar refractivity (Wildman–Crippen MR) is 90.8 cm³/mol. The lowest BCUT2D eigenvalue weighted by Gasteiger charge is -2.21. The number of rotatable bonds is 4. The highest BCUT2D eigenvalue weighted by molar-refractivity contribution is 5.94. The maximum atomic E-state index is 5.96. The van der Waals surface area contributed by atoms with E-state index in [1.54, 1.807) is 7.11 Å². The predicted octanol–water partition coefficient (Wildman–Crippen LogP) is 3.02. The first kappa shape index (κ1) is 14.6. The van der Waals surface area contributed by atoms with Crippen LogP contribution in [0.25, 0.3) is 10.9 Å². The second-order valence-electron chi connectivity index (χ2n) is 5.43. The molecule has 0 amide bonds. The molecule has 0 spiro atoms. The van der Waals surface area contributed by atoms with Crippen LogP contribution in [-0.4, -0.2) is 30.2 Å². The monoisotopic (exact) mass is 323 g/mol. The van der Waals surface area contributed by atoms with Crippen molar-refractivity contribution in [1.82, 2.24) is 9.97 Å². The average molecular weight is 323 g/mol. The van der Waals surface area contributed by atoms with Gasteiger partial charge in [-0.2, -0.15) is 0 Å². The van der Waals surface area contributed by atoms with Crippen LogP contribution in [0.3, 0.4) is 0 Å². The molecule has 122 valence electrons. The number of nitrogens with one attached hydrogen (secondary N) is 1. The largest absolute Gasteiger partial charge is 0.497 e. The minimum absolute atomic E-state index is 0.389. The summed E-state index contributed by atoms with van der Waals surface area (Å²) in [6.45, 7) is 1.78. The second-order valence-corrected chi connectivity index (χ2v) is 5.43. The summed E-state index contributed by atoms with van der Waals surface area (Å²) in [5.41, 5.74) is 2.74. The number of nitrogens with zero attached hydrogens (tertiary/aromatic N) is 2. The van der Waals surface area contributed by atoms with Gasteiger partial charge in [-0.15, -0.1) is 0 Å². The number of fused-ring (bicyclic) bond motifs is 3. The molecule has 0 unspecified atom stereocenters. The van der Waals surface area contributed by atoms with E-state index in [4.69, 9.17) is 14.2 Å². The van der Waals surface area contributed by atoms with Gasteiger partial charge in [-0.3, -0.25) is 0 Å². The summed E-state index contributed by atoms with van der Waals surface area (Å²) in [6, 6.07) is 11.7. The van der Waals surface area contributed by atoms with Gasteiger partial charge in [0.25, 0.3) is 0 Å². The van der Waals surface area contributed by atoms with Crippen molar-refractivity contribution in [3.05, 3.63) is 48.3 Å². The smallest absolute Gasteiger partial charge is 0.228 e. The van der Waals surface area contributed by atoms with Gasteiger partial charge in [0.2, 0.25) is 5.88 Å². The molecule has 1 aliphatic rings. The summed E-state index contributed by atoms with van der Waals surface area (Å²) in [5, 5.41) is 4.11. The Balaban J connectivity index is 1.68. The van der Waals surface area contributed by atoms with Crippen molar-refractivity contribution in [1.29, 1.82) is 0 Å². The van der Waals surface area contributed by atoms with Crippen LogP contribution in [0.4, 0.5) is 5.69 Å². The maximum absolute atomic E-state index is 5.96. The highest BCUT2D eigenvalue weighted by atomic mass is 16.5. The van der Waals surface area contributed by atoms with Crippen LogP contribution in [0, 0.1) is 0 Å². The number of benzene rings is 2. The van der Waals surface area contributed by atoms with Crippen molar-refractivity contribution < 1.29 is 14.2 Å². The fraction of sp³-hybridized carbons (Fsp3) is 0.222. The van der Waals surface area contributed by atoms with Crippen LogP contribution in [-0.2, 0) is 6.61 Å². The van der Waals surface area contributed by atoms with Crippen LogP contribution in [0.2, 0.25) is 0 Å². The first-order valence-corrected chi connectivity index (χ1v) is 7.75. The SMILES string of the molecule is COc1cccc(COc2ncnc3ccc4c(c23)OCCN4)c1. The quantitative estimate of drug-likeness (QED) is 0.796. The van der Waals surface area contributed by atoms with Gasteiger partial charge in [-0.1, -0.05) is 12.1 Å². The zero-order valence-corrected chi connectivity index (χ0v) is 13.3. The molecule has 2 heterocycles. The molecule has 6 nitrogen and oxygen atoms in total. The first-order valence-electron chi connectivity index (χ1n) is 7.75. The zero-order chi connectivity index (χ0) is 16.4. The molecule has 24 heavy (non-hydrogen) atoms. The Kier molecular flexibility index (Phi) is 3.78. The van der Waals surface area contributed by atoms with Crippen molar-refractivity contribution in [3.63, 3.8) is 0 Å². The van der Waals surface area contributed by atoms with Gasteiger partial charge in [0.15, 0.2) is 5.75 Å². The fourth-order valence-electron chi connectivity index (χ4n) is 2.75. The van der Waals surface area contributed by atoms with Gasteiger partial charge in [0, 0.05) is 6.54 Å². The molecule has 4 rings (SSSR count). The molecular formula is C18H17N3O3. The molecule has 1 aliphatic heterocycles. The third-order valence-corrected chi connectivity index (χ3v) is 3.89. The summed E-state index contributed by atoms with van der Waals surface area (Å²) < 4.78 is 17.0. The Morgan fingerprint density at radius 3 is 3.08 bits per heavy atom. The minimum atomic E-state index is 0.389. The van der Waals surface area contributed by atoms with E-state index >= 15 is 0 Å². The molecule has 1 N–H and O–H groups in total. The third-order valence-electron chi connectivity index (χ3n) is 3.89. The molecule has 3 aromatic rings. The normalized spacial score (nSPS) is 12.9. The number of methoxy groups -OCH3 is 1. The van der Waals surface area contributed by atoms with E-state index < -0.39 is 0 Å². The molecule has 0 saturated carbocycles. The molecule has 6 heteroatoms. The summed E-state index contributed by atoms with van der Waals surface area (Å²) in [7, 11) is 1.65. The van der Waals surface area contributed by atoms with Crippen molar-refractivity contribution >= 4 is 16.6 Å². The standard InChI is InChI=1S/C18H17N3O3/c1-22-13-4-2-3-12(9-13)10-24-18-16-14(20-11-21-18)5-6-15-17(16)23-8-7-19-15/h2-6,9,11,19H,7-8,10H2,1H3. The highest BCUT2D eigenvalue weighted by Gasteiger charge is 2.18. The van der Waals surface area contributed by atoms with Crippen molar-refractivity contribution in [2.75, 3.05) is 25.6 Å². The molecule has 1 aromatic heterocycles. The molecule has 2 aromatic carbocycles. The lowest BCUT2D eigenvalue weighted by atomic mass is 10.1. The molecule has 0 bridgehead atoms. The van der Waals surface area contributed by atoms with Gasteiger partial charge in [0.1, 0.15) is 30.7 Å². The molecular weight excluding hydrogens is 306 g/mol. The van der Waals surface area contributed by atoms with Gasteiger partial charge in [0.05, 0.1) is 18.3 Å². The third kappa shape index (κ3) is 2.67. The second kappa shape index (κ2) is 6.23. The van der Waals surface area contributed by atoms with E-state index in [0.29, 0.717) is 19.1 Å². The Hall–Kier alpha value is -3.02. The van der Waals surface area contributed by atoms with Gasteiger partial charge < -0.3 is 19.5 Å². The number of hydrogen-bond acceptors (Lipinski definition) is 6. The highest BCUT2D eigenvalue weighted by Crippen LogP contribution is 2.39. The van der Waals surface area contributed by atoms with E-state index in [2.05, 4.69) is 15.3 Å². The van der Waals surface area contributed by atoms with E-state index in [0.717, 1.165) is 40.2 Å². The Morgan fingerprint density at radius 1 is 1.21 bits per heavy atom. The minimum Gasteiger partial charge on any atom is -0.497 e. The lowest BCUT2D eigenvalue weighted by molar-refractivity contribution is 0.292. The number of hydrogen-bond donors (Lipinski definition) is 1. The summed E-state index contributed by atoms with van der Waals surface area (Å²) in [4.78, 5) is 8.61. The van der Waals surface area contributed by atoms with Gasteiger partial charge >= 0.3 is 0 Å². The topological polar surface area (TPSA) is 65.5 Å². The van der Waals surface area contributed by atoms with Crippen LogP contribution in [0.5, 0.6) is 17.4 Å². The van der Waals surface area contributed by atoms with Crippen molar-refractivity contribution in [3.8, 4) is 17.4 Å². The Morgan fingerprint density at radius 2 is 2.17 bits per heavy atom. The Labute approximate surface area is 139 Å². The summed E-state index contributed by atoms with van der Waals surface area (Å²) in [6.07, 6.45) is 1.51. The van der Waals surface area contributed by atoms with Crippen molar-refractivity contribution in [2.24, 2.45) is 0 Å². The molecule has 0 aliphatic carbocycles. The summed E-state index contributed by atoms with van der Waals surface area (Å²) >= 11 is 0. The van der Waals surface area contributed by atoms with Crippen molar-refractivity contribution in [2.45, 2.75) is 6.61 Å². The van der Waals surface area contributed by atoms with Crippen LogP contribution in [0.1, 0.15) is 5.56 Å². The molecule has 0 saturated heterocycles. The first-order chi connectivity index (χ1) is 11.8. The van der Waals surface area contributed by atoms with Crippen LogP contribution < -0.4 is 19.5 Å². The lowest BCUT2D eigenvalue weighted by Crippen LogP contribution is -2.18. The van der Waals surface area contributed by atoms with Gasteiger partial charge in [-0.05, 0) is 29.8 Å². The van der Waals surface area contributed by atoms with Crippen LogP contribution >= 0.6 is 0 Å². The number of aromatic nitrogens is 2. The van der Waals surface area contributed by atoms with E-state index in [1.807, 2.05) is 36.4 Å². The van der Waals surface area contributed by atoms with E-state index in [9.17, 15) is 0 Å². The van der Waals surface area contributed by atoms with E-state index in [-0.39, 0.29) is 0 Å². The Bertz CT molecular complexity index is 883.